The zero-order valence-electron chi connectivity index (χ0n) is 14.9. The Morgan fingerprint density at radius 2 is 1.82 bits per heavy atom. The lowest BCUT2D eigenvalue weighted by atomic mass is 10.1. The molecule has 0 unspecified atom stereocenters. The summed E-state index contributed by atoms with van der Waals surface area (Å²) in [5.74, 6) is -0.581. The van der Waals surface area contributed by atoms with Crippen LogP contribution >= 0.6 is 0 Å². The summed E-state index contributed by atoms with van der Waals surface area (Å²) in [6.07, 6.45) is -4.52. The first-order chi connectivity index (χ1) is 13.2. The molecule has 146 valence electrons. The number of aromatic nitrogens is 1. The van der Waals surface area contributed by atoms with Crippen molar-refractivity contribution in [3.05, 3.63) is 59.3 Å². The number of ether oxygens (including phenoxy) is 1. The fourth-order valence-electron chi connectivity index (χ4n) is 2.78. The van der Waals surface area contributed by atoms with Crippen molar-refractivity contribution in [2.45, 2.75) is 13.1 Å². The van der Waals surface area contributed by atoms with Crippen molar-refractivity contribution in [3.63, 3.8) is 0 Å². The normalized spacial score (nSPS) is 11.3. The van der Waals surface area contributed by atoms with Crippen molar-refractivity contribution in [3.8, 4) is 0 Å². The zero-order valence-corrected chi connectivity index (χ0v) is 14.9. The minimum atomic E-state index is -4.52. The van der Waals surface area contributed by atoms with Crippen LogP contribution in [0, 0.1) is 6.92 Å². The van der Waals surface area contributed by atoms with Gasteiger partial charge in [0.15, 0.2) is 0 Å². The van der Waals surface area contributed by atoms with Crippen molar-refractivity contribution in [2.75, 3.05) is 17.7 Å². The molecule has 0 spiro atoms. The maximum Gasteiger partial charge on any atom is 0.416 e. The summed E-state index contributed by atoms with van der Waals surface area (Å²) in [7, 11) is 1.24. The Bertz CT molecular complexity index is 1060. The summed E-state index contributed by atoms with van der Waals surface area (Å²) in [5.41, 5.74) is 0.997. The van der Waals surface area contributed by atoms with Gasteiger partial charge in [-0.15, -0.1) is 0 Å². The van der Waals surface area contributed by atoms with E-state index in [1.54, 1.807) is 12.1 Å². The number of alkyl halides is 3. The van der Waals surface area contributed by atoms with Crippen LogP contribution in [-0.4, -0.2) is 24.1 Å². The number of carbonyl (C=O) groups is 2. The number of methoxy groups -OCH3 is 1. The van der Waals surface area contributed by atoms with E-state index < -0.39 is 23.7 Å². The van der Waals surface area contributed by atoms with Crippen molar-refractivity contribution in [1.82, 2.24) is 4.98 Å². The molecule has 0 saturated heterocycles. The minimum absolute atomic E-state index is 0.0182. The highest BCUT2D eigenvalue weighted by molar-refractivity contribution is 6.08. The molecule has 0 saturated carbocycles. The molecule has 9 heteroatoms. The molecule has 0 aliphatic heterocycles. The van der Waals surface area contributed by atoms with Crippen LogP contribution in [0.3, 0.4) is 0 Å². The van der Waals surface area contributed by atoms with Crippen LogP contribution in [0.1, 0.15) is 21.6 Å². The number of H-pyrrole nitrogens is 1. The van der Waals surface area contributed by atoms with Gasteiger partial charge in [-0.2, -0.15) is 13.2 Å². The van der Waals surface area contributed by atoms with Crippen LogP contribution in [0.2, 0.25) is 0 Å². The van der Waals surface area contributed by atoms with Crippen LogP contribution in [0.4, 0.5) is 29.3 Å². The Hall–Kier alpha value is -3.49. The molecule has 28 heavy (non-hydrogen) atoms. The number of anilines is 2. The molecule has 0 radical (unpaired) electrons. The number of hydrogen-bond acceptors (Lipinski definition) is 3. The maximum absolute atomic E-state index is 12.8. The minimum Gasteiger partial charge on any atom is -0.465 e. The van der Waals surface area contributed by atoms with E-state index in [2.05, 4.69) is 15.6 Å². The lowest BCUT2D eigenvalue weighted by Crippen LogP contribution is -2.20. The SMILES string of the molecule is COC(=O)c1cc(NC(=O)Nc2cccc(C(F)(F)F)c2)c2[nH]c(C)cc2c1. The molecule has 3 N–H and O–H groups in total. The van der Waals surface area contributed by atoms with Crippen LogP contribution in [0.5, 0.6) is 0 Å². The number of halogens is 3. The second-order valence-corrected chi connectivity index (χ2v) is 6.09. The zero-order chi connectivity index (χ0) is 20.5. The molecule has 1 aromatic heterocycles. The Morgan fingerprint density at radius 1 is 1.07 bits per heavy atom. The number of benzene rings is 2. The largest absolute Gasteiger partial charge is 0.465 e. The van der Waals surface area contributed by atoms with E-state index in [0.717, 1.165) is 17.8 Å². The highest BCUT2D eigenvalue weighted by Crippen LogP contribution is 2.31. The Morgan fingerprint density at radius 3 is 2.50 bits per heavy atom. The molecule has 0 atom stereocenters. The average Bonchev–Trinajstić information content (AvgIpc) is 3.01. The number of rotatable bonds is 3. The molecular weight excluding hydrogens is 375 g/mol. The highest BCUT2D eigenvalue weighted by Gasteiger charge is 2.30. The van der Waals surface area contributed by atoms with Crippen molar-refractivity contribution >= 4 is 34.3 Å². The molecule has 3 aromatic rings. The summed E-state index contributed by atoms with van der Waals surface area (Å²) < 4.78 is 43.1. The number of fused-ring (bicyclic) bond motifs is 1. The summed E-state index contributed by atoms with van der Waals surface area (Å²) in [6.45, 7) is 1.81. The fraction of sp³-hybridized carbons (Fsp3) is 0.158. The summed E-state index contributed by atoms with van der Waals surface area (Å²) in [5, 5.41) is 5.59. The number of hydrogen-bond donors (Lipinski definition) is 3. The number of aromatic amines is 1. The van der Waals surface area contributed by atoms with E-state index in [1.165, 1.54) is 25.3 Å². The Kier molecular flexibility index (Phi) is 5.00. The first-order valence-corrected chi connectivity index (χ1v) is 8.14. The van der Waals surface area contributed by atoms with Gasteiger partial charge in [-0.1, -0.05) is 6.07 Å². The van der Waals surface area contributed by atoms with Gasteiger partial charge >= 0.3 is 18.2 Å². The molecule has 3 rings (SSSR count). The van der Waals surface area contributed by atoms with E-state index in [9.17, 15) is 22.8 Å². The number of amides is 2. The molecular formula is C19H16F3N3O3. The van der Waals surface area contributed by atoms with Crippen molar-refractivity contribution < 1.29 is 27.5 Å². The Labute approximate surface area is 157 Å². The molecule has 1 heterocycles. The highest BCUT2D eigenvalue weighted by atomic mass is 19.4. The molecule has 0 aliphatic carbocycles. The van der Waals surface area contributed by atoms with E-state index in [-0.39, 0.29) is 16.9 Å². The van der Waals surface area contributed by atoms with Gasteiger partial charge in [-0.05, 0) is 43.3 Å². The average molecular weight is 391 g/mol. The number of urea groups is 1. The molecule has 2 aromatic carbocycles. The number of aryl methyl sites for hydroxylation is 1. The first kappa shape index (κ1) is 19.3. The third-order valence-corrected chi connectivity index (χ3v) is 3.98. The van der Waals surface area contributed by atoms with Gasteiger partial charge in [-0.25, -0.2) is 9.59 Å². The van der Waals surface area contributed by atoms with E-state index >= 15 is 0 Å². The smallest absolute Gasteiger partial charge is 0.416 e. The van der Waals surface area contributed by atoms with Gasteiger partial charge in [0, 0.05) is 16.8 Å². The maximum atomic E-state index is 12.8. The molecule has 6 nitrogen and oxygen atoms in total. The third kappa shape index (κ3) is 4.08. The lowest BCUT2D eigenvalue weighted by molar-refractivity contribution is -0.137. The van der Waals surface area contributed by atoms with Gasteiger partial charge in [0.2, 0.25) is 0 Å². The molecule has 0 fully saturated rings. The van der Waals surface area contributed by atoms with Crippen LogP contribution < -0.4 is 10.6 Å². The number of carbonyl (C=O) groups excluding carboxylic acids is 2. The monoisotopic (exact) mass is 391 g/mol. The number of nitrogens with one attached hydrogen (secondary N) is 3. The fourth-order valence-corrected chi connectivity index (χ4v) is 2.78. The van der Waals surface area contributed by atoms with E-state index in [1.807, 2.05) is 6.92 Å². The molecule has 2 amide bonds. The number of esters is 1. The predicted octanol–water partition coefficient (Wildman–Crippen LogP) is 4.93. The summed E-state index contributed by atoms with van der Waals surface area (Å²) in [6, 6.07) is 8.35. The van der Waals surface area contributed by atoms with Crippen LogP contribution in [0.25, 0.3) is 10.9 Å². The van der Waals surface area contributed by atoms with Crippen molar-refractivity contribution in [2.24, 2.45) is 0 Å². The van der Waals surface area contributed by atoms with Crippen LogP contribution in [-0.2, 0) is 10.9 Å². The van der Waals surface area contributed by atoms with Gasteiger partial charge in [0.1, 0.15) is 0 Å². The summed E-state index contributed by atoms with van der Waals surface area (Å²) in [4.78, 5) is 27.2. The van der Waals surface area contributed by atoms with Crippen LogP contribution in [0.15, 0.2) is 42.5 Å². The first-order valence-electron chi connectivity index (χ1n) is 8.14. The second-order valence-electron chi connectivity index (χ2n) is 6.09. The molecule has 0 aliphatic rings. The second kappa shape index (κ2) is 7.26. The quantitative estimate of drug-likeness (QED) is 0.554. The topological polar surface area (TPSA) is 83.2 Å². The van der Waals surface area contributed by atoms with Gasteiger partial charge in [0.25, 0.3) is 0 Å². The van der Waals surface area contributed by atoms with Gasteiger partial charge < -0.3 is 20.4 Å². The molecule has 0 bridgehead atoms. The lowest BCUT2D eigenvalue weighted by Gasteiger charge is -2.12. The Balaban J connectivity index is 1.88. The van der Waals surface area contributed by atoms with Gasteiger partial charge in [-0.3, -0.25) is 0 Å². The van der Waals surface area contributed by atoms with E-state index in [4.69, 9.17) is 4.74 Å². The standard InChI is InChI=1S/C19H16F3N3O3/c1-10-6-11-7-12(17(26)28-2)8-15(16(11)23-10)25-18(27)24-14-5-3-4-13(9-14)19(20,21)22/h3-9,23H,1-2H3,(H2,24,25,27). The third-order valence-electron chi connectivity index (χ3n) is 3.98. The van der Waals surface area contributed by atoms with E-state index in [0.29, 0.717) is 10.9 Å². The van der Waals surface area contributed by atoms with Gasteiger partial charge in [0.05, 0.1) is 29.4 Å². The summed E-state index contributed by atoms with van der Waals surface area (Å²) >= 11 is 0. The predicted molar refractivity (Wildman–Crippen MR) is 98.5 cm³/mol. The van der Waals surface area contributed by atoms with Crippen molar-refractivity contribution in [1.29, 1.82) is 0 Å².